The van der Waals surface area contributed by atoms with Crippen molar-refractivity contribution in [3.05, 3.63) is 65.2 Å². The summed E-state index contributed by atoms with van der Waals surface area (Å²) in [5, 5.41) is 11.7. The first-order valence-electron chi connectivity index (χ1n) is 8.46. The fraction of sp³-hybridized carbons (Fsp3) is 0.250. The van der Waals surface area contributed by atoms with Gasteiger partial charge in [-0.2, -0.15) is 0 Å². The first kappa shape index (κ1) is 19.2. The number of nitrogens with one attached hydrogen (secondary N) is 1. The molecular weight excluding hydrogens is 332 g/mol. The van der Waals surface area contributed by atoms with Gasteiger partial charge in [0.25, 0.3) is 5.91 Å². The van der Waals surface area contributed by atoms with Crippen molar-refractivity contribution in [3.63, 3.8) is 0 Å². The monoisotopic (exact) mass is 354 g/mol. The number of carboxylic acids is 1. The Hall–Kier alpha value is -3.15. The number of anilines is 1. The largest absolute Gasteiger partial charge is 0.478 e. The van der Waals surface area contributed by atoms with Crippen molar-refractivity contribution in [2.45, 2.75) is 20.3 Å². The lowest BCUT2D eigenvalue weighted by Gasteiger charge is -2.18. The molecule has 0 aliphatic carbocycles. The summed E-state index contributed by atoms with van der Waals surface area (Å²) in [5.41, 5.74) is 1.92. The minimum Gasteiger partial charge on any atom is -0.478 e. The van der Waals surface area contributed by atoms with E-state index in [-0.39, 0.29) is 23.8 Å². The van der Waals surface area contributed by atoms with Crippen LogP contribution in [0.3, 0.4) is 0 Å². The van der Waals surface area contributed by atoms with E-state index < -0.39 is 5.97 Å². The van der Waals surface area contributed by atoms with Crippen LogP contribution in [-0.4, -0.2) is 40.9 Å². The van der Waals surface area contributed by atoms with Gasteiger partial charge in [-0.1, -0.05) is 12.1 Å². The van der Waals surface area contributed by atoms with Gasteiger partial charge in [0.1, 0.15) is 0 Å². The molecule has 0 radical (unpaired) electrons. The van der Waals surface area contributed by atoms with E-state index in [1.807, 2.05) is 13.8 Å². The van der Waals surface area contributed by atoms with Crippen molar-refractivity contribution in [2.24, 2.45) is 0 Å². The van der Waals surface area contributed by atoms with Crippen molar-refractivity contribution in [2.75, 3.05) is 18.4 Å². The summed E-state index contributed by atoms with van der Waals surface area (Å²) in [6.07, 6.45) is 0.0707. The van der Waals surface area contributed by atoms with Crippen molar-refractivity contribution in [1.82, 2.24) is 4.90 Å². The second-order valence-electron chi connectivity index (χ2n) is 5.79. The number of rotatable bonds is 7. The zero-order chi connectivity index (χ0) is 19.1. The van der Waals surface area contributed by atoms with Crippen LogP contribution in [0, 0.1) is 0 Å². The molecule has 0 aliphatic rings. The van der Waals surface area contributed by atoms with Crippen molar-refractivity contribution in [1.29, 1.82) is 0 Å². The van der Waals surface area contributed by atoms with Gasteiger partial charge >= 0.3 is 5.97 Å². The Morgan fingerprint density at radius 3 is 2.19 bits per heavy atom. The number of hydrogen-bond acceptors (Lipinski definition) is 3. The molecular formula is C20H22N2O4. The molecule has 0 saturated heterocycles. The summed E-state index contributed by atoms with van der Waals surface area (Å²) < 4.78 is 0. The molecule has 0 atom stereocenters. The molecule has 0 unspecified atom stereocenters. The molecule has 136 valence electrons. The Balaban J connectivity index is 2.00. The molecule has 0 heterocycles. The summed E-state index contributed by atoms with van der Waals surface area (Å²) in [4.78, 5) is 37.1. The minimum atomic E-state index is -1.03. The maximum atomic E-state index is 12.3. The van der Waals surface area contributed by atoms with Crippen LogP contribution in [0.15, 0.2) is 48.5 Å². The predicted octanol–water partition coefficient (Wildman–Crippen LogP) is 3.05. The van der Waals surface area contributed by atoms with E-state index in [4.69, 9.17) is 5.11 Å². The lowest BCUT2D eigenvalue weighted by Crippen LogP contribution is -2.30. The summed E-state index contributed by atoms with van der Waals surface area (Å²) >= 11 is 0. The Kier molecular flexibility index (Phi) is 6.49. The minimum absolute atomic E-state index is 0.0432. The van der Waals surface area contributed by atoms with Crippen LogP contribution in [0.1, 0.15) is 40.1 Å². The zero-order valence-electron chi connectivity index (χ0n) is 14.9. The van der Waals surface area contributed by atoms with Crippen LogP contribution in [0.5, 0.6) is 0 Å². The maximum Gasteiger partial charge on any atom is 0.335 e. The van der Waals surface area contributed by atoms with Gasteiger partial charge in [0.15, 0.2) is 0 Å². The van der Waals surface area contributed by atoms with E-state index in [1.54, 1.807) is 41.3 Å². The molecule has 0 fully saturated rings. The number of carboxylic acid groups (broad SMARTS) is 1. The Bertz CT molecular complexity index is 796. The Labute approximate surface area is 152 Å². The number of carbonyl (C=O) groups excluding carboxylic acids is 2. The highest BCUT2D eigenvalue weighted by Crippen LogP contribution is 2.13. The third kappa shape index (κ3) is 4.92. The average Bonchev–Trinajstić information content (AvgIpc) is 2.63. The molecule has 2 aromatic carbocycles. The first-order chi connectivity index (χ1) is 12.4. The van der Waals surface area contributed by atoms with Gasteiger partial charge in [-0.05, 0) is 55.8 Å². The van der Waals surface area contributed by atoms with Crippen LogP contribution in [0.2, 0.25) is 0 Å². The van der Waals surface area contributed by atoms with Crippen LogP contribution < -0.4 is 5.32 Å². The summed E-state index contributed by atoms with van der Waals surface area (Å²) in [6, 6.07) is 13.0. The smallest absolute Gasteiger partial charge is 0.335 e. The van der Waals surface area contributed by atoms with Crippen molar-refractivity contribution >= 4 is 23.5 Å². The van der Waals surface area contributed by atoms with Gasteiger partial charge in [-0.3, -0.25) is 9.59 Å². The van der Waals surface area contributed by atoms with Crippen LogP contribution >= 0.6 is 0 Å². The molecule has 26 heavy (non-hydrogen) atoms. The molecule has 2 amide bonds. The lowest BCUT2D eigenvalue weighted by molar-refractivity contribution is -0.115. The van der Waals surface area contributed by atoms with E-state index in [9.17, 15) is 14.4 Å². The zero-order valence-corrected chi connectivity index (χ0v) is 14.9. The average molecular weight is 354 g/mol. The highest BCUT2D eigenvalue weighted by molar-refractivity contribution is 5.96. The van der Waals surface area contributed by atoms with Gasteiger partial charge in [0, 0.05) is 24.3 Å². The van der Waals surface area contributed by atoms with E-state index >= 15 is 0 Å². The van der Waals surface area contributed by atoms with Crippen LogP contribution in [0.4, 0.5) is 5.69 Å². The van der Waals surface area contributed by atoms with Gasteiger partial charge < -0.3 is 15.3 Å². The maximum absolute atomic E-state index is 12.3. The third-order valence-corrected chi connectivity index (χ3v) is 4.00. The standard InChI is InChI=1S/C20H22N2O4/c1-3-22(4-2)19(24)15-8-10-17(11-9-15)21-18(23)13-14-6-5-7-16(12-14)20(25)26/h5-12H,3-4,13H2,1-2H3,(H,21,23)(H,25,26). The number of hydrogen-bond donors (Lipinski definition) is 2. The van der Waals surface area contributed by atoms with Gasteiger partial charge in [-0.15, -0.1) is 0 Å². The van der Waals surface area contributed by atoms with Gasteiger partial charge in [-0.25, -0.2) is 4.79 Å². The predicted molar refractivity (Wildman–Crippen MR) is 99.4 cm³/mol. The molecule has 0 aromatic heterocycles. The normalized spacial score (nSPS) is 10.2. The van der Waals surface area contributed by atoms with Gasteiger partial charge in [0.2, 0.25) is 5.91 Å². The van der Waals surface area contributed by atoms with Crippen molar-refractivity contribution in [3.8, 4) is 0 Å². The quantitative estimate of drug-likeness (QED) is 0.800. The SMILES string of the molecule is CCN(CC)C(=O)c1ccc(NC(=O)Cc2cccc(C(=O)O)c2)cc1. The molecule has 2 rings (SSSR count). The Morgan fingerprint density at radius 1 is 0.962 bits per heavy atom. The fourth-order valence-corrected chi connectivity index (χ4v) is 2.59. The van der Waals surface area contributed by atoms with E-state index in [0.717, 1.165) is 0 Å². The molecule has 6 heteroatoms. The highest BCUT2D eigenvalue weighted by atomic mass is 16.4. The Morgan fingerprint density at radius 2 is 1.62 bits per heavy atom. The molecule has 0 saturated carbocycles. The molecule has 6 nitrogen and oxygen atoms in total. The summed E-state index contributed by atoms with van der Waals surface area (Å²) in [7, 11) is 0. The van der Waals surface area contributed by atoms with E-state index in [0.29, 0.717) is 29.9 Å². The number of aromatic carboxylic acids is 1. The molecule has 2 aromatic rings. The summed E-state index contributed by atoms with van der Waals surface area (Å²) in [5.74, 6) is -1.32. The second kappa shape index (κ2) is 8.80. The van der Waals surface area contributed by atoms with E-state index in [1.165, 1.54) is 12.1 Å². The highest BCUT2D eigenvalue weighted by Gasteiger charge is 2.12. The van der Waals surface area contributed by atoms with E-state index in [2.05, 4.69) is 5.32 Å². The number of benzene rings is 2. The lowest BCUT2D eigenvalue weighted by atomic mass is 10.1. The number of nitrogens with zero attached hydrogens (tertiary/aromatic N) is 1. The molecule has 0 bridgehead atoms. The van der Waals surface area contributed by atoms with Crippen LogP contribution in [-0.2, 0) is 11.2 Å². The fourth-order valence-electron chi connectivity index (χ4n) is 2.59. The van der Waals surface area contributed by atoms with Gasteiger partial charge in [0.05, 0.1) is 12.0 Å². The van der Waals surface area contributed by atoms with Crippen molar-refractivity contribution < 1.29 is 19.5 Å². The second-order valence-corrected chi connectivity index (χ2v) is 5.79. The topological polar surface area (TPSA) is 86.7 Å². The summed E-state index contributed by atoms with van der Waals surface area (Å²) in [6.45, 7) is 5.14. The number of carbonyl (C=O) groups is 3. The molecule has 0 spiro atoms. The molecule has 2 N–H and O–H groups in total. The number of amides is 2. The van der Waals surface area contributed by atoms with Crippen LogP contribution in [0.25, 0.3) is 0 Å². The first-order valence-corrected chi connectivity index (χ1v) is 8.46. The molecule has 0 aliphatic heterocycles. The third-order valence-electron chi connectivity index (χ3n) is 4.00.